The van der Waals surface area contributed by atoms with E-state index in [1.165, 1.54) is 0 Å². The van der Waals surface area contributed by atoms with E-state index in [0.717, 1.165) is 5.56 Å². The van der Waals surface area contributed by atoms with E-state index in [1.807, 2.05) is 6.92 Å². The molecule has 2 aromatic carbocycles. The van der Waals surface area contributed by atoms with Gasteiger partial charge in [-0.05, 0) is 48.9 Å². The van der Waals surface area contributed by atoms with Gasteiger partial charge in [-0.25, -0.2) is 0 Å². The number of rotatable bonds is 2. The number of anilines is 3. The van der Waals surface area contributed by atoms with E-state index in [1.54, 1.807) is 36.4 Å². The number of carbonyl (C=O) groups excluding carboxylic acids is 1. The Kier molecular flexibility index (Phi) is 3.62. The molecule has 4 nitrogen and oxygen atoms in total. The number of benzene rings is 2. The van der Waals surface area contributed by atoms with Gasteiger partial charge in [0.05, 0.1) is 0 Å². The summed E-state index contributed by atoms with van der Waals surface area (Å²) in [5, 5.41) is 3.43. The summed E-state index contributed by atoms with van der Waals surface area (Å²) >= 11 is 5.87. The first-order valence-corrected chi connectivity index (χ1v) is 6.07. The second-order valence-corrected chi connectivity index (χ2v) is 4.74. The molecule has 5 heteroatoms. The normalized spacial score (nSPS) is 10.2. The van der Waals surface area contributed by atoms with E-state index in [9.17, 15) is 4.79 Å². The van der Waals surface area contributed by atoms with Crippen LogP contribution in [0.15, 0.2) is 36.4 Å². The Morgan fingerprint density at radius 2 is 1.74 bits per heavy atom. The summed E-state index contributed by atoms with van der Waals surface area (Å²) in [5.41, 5.74) is 14.3. The zero-order valence-electron chi connectivity index (χ0n) is 10.4. The van der Waals surface area contributed by atoms with E-state index in [0.29, 0.717) is 27.6 Å². The first-order valence-electron chi connectivity index (χ1n) is 5.69. The number of hydrogen-bond acceptors (Lipinski definition) is 3. The fourth-order valence-electron chi connectivity index (χ4n) is 1.77. The molecular weight excluding hydrogens is 262 g/mol. The Morgan fingerprint density at radius 3 is 2.32 bits per heavy atom. The quantitative estimate of drug-likeness (QED) is 0.737. The maximum atomic E-state index is 12.1. The smallest absolute Gasteiger partial charge is 0.255 e. The number of nitrogens with two attached hydrogens (primary N) is 2. The van der Waals surface area contributed by atoms with Gasteiger partial charge >= 0.3 is 0 Å². The van der Waals surface area contributed by atoms with Gasteiger partial charge in [0.1, 0.15) is 0 Å². The number of aryl methyl sites for hydroxylation is 1. The molecule has 2 rings (SSSR count). The third kappa shape index (κ3) is 3.17. The third-order valence-electron chi connectivity index (χ3n) is 2.68. The Balaban J connectivity index is 2.25. The van der Waals surface area contributed by atoms with Crippen LogP contribution in [0.4, 0.5) is 17.1 Å². The van der Waals surface area contributed by atoms with E-state index < -0.39 is 0 Å². The average molecular weight is 276 g/mol. The minimum absolute atomic E-state index is 0.260. The van der Waals surface area contributed by atoms with Crippen molar-refractivity contribution in [3.8, 4) is 0 Å². The highest BCUT2D eigenvalue weighted by Gasteiger charge is 2.09. The lowest BCUT2D eigenvalue weighted by Gasteiger charge is -2.09. The third-order valence-corrected chi connectivity index (χ3v) is 2.91. The Morgan fingerprint density at radius 1 is 1.11 bits per heavy atom. The van der Waals surface area contributed by atoms with Crippen LogP contribution in [-0.2, 0) is 0 Å². The summed E-state index contributed by atoms with van der Waals surface area (Å²) in [4.78, 5) is 12.1. The van der Waals surface area contributed by atoms with E-state index in [4.69, 9.17) is 23.1 Å². The monoisotopic (exact) mass is 275 g/mol. The molecule has 98 valence electrons. The van der Waals surface area contributed by atoms with Crippen LogP contribution in [0.3, 0.4) is 0 Å². The van der Waals surface area contributed by atoms with E-state index in [2.05, 4.69) is 5.32 Å². The summed E-state index contributed by atoms with van der Waals surface area (Å²) in [6, 6.07) is 10.0. The van der Waals surface area contributed by atoms with Crippen LogP contribution >= 0.6 is 11.6 Å². The van der Waals surface area contributed by atoms with Gasteiger partial charge in [-0.3, -0.25) is 4.79 Å². The Bertz CT molecular complexity index is 620. The predicted molar refractivity (Wildman–Crippen MR) is 79.4 cm³/mol. The molecule has 0 aliphatic heterocycles. The number of halogens is 1. The molecule has 0 aromatic heterocycles. The van der Waals surface area contributed by atoms with Crippen molar-refractivity contribution in [2.24, 2.45) is 0 Å². The first kappa shape index (κ1) is 13.2. The highest BCUT2D eigenvalue weighted by atomic mass is 35.5. The van der Waals surface area contributed by atoms with Crippen molar-refractivity contribution in [2.45, 2.75) is 6.92 Å². The number of nitrogen functional groups attached to an aromatic ring is 2. The van der Waals surface area contributed by atoms with Gasteiger partial charge in [0.15, 0.2) is 0 Å². The summed E-state index contributed by atoms with van der Waals surface area (Å²) < 4.78 is 0. The van der Waals surface area contributed by atoms with Gasteiger partial charge in [-0.15, -0.1) is 0 Å². The number of carbonyl (C=O) groups is 1. The molecule has 0 saturated carbocycles. The van der Waals surface area contributed by atoms with Gasteiger partial charge in [-0.1, -0.05) is 11.6 Å². The van der Waals surface area contributed by atoms with Crippen molar-refractivity contribution in [2.75, 3.05) is 16.8 Å². The number of hydrogen-bond donors (Lipinski definition) is 3. The maximum Gasteiger partial charge on any atom is 0.255 e. The first-order chi connectivity index (χ1) is 8.95. The molecule has 0 fully saturated rings. The predicted octanol–water partition coefficient (Wildman–Crippen LogP) is 3.07. The second-order valence-electron chi connectivity index (χ2n) is 4.30. The fraction of sp³-hybridized carbons (Fsp3) is 0.0714. The molecule has 0 bridgehead atoms. The minimum Gasteiger partial charge on any atom is -0.399 e. The van der Waals surface area contributed by atoms with Gasteiger partial charge in [0.2, 0.25) is 0 Å². The lowest BCUT2D eigenvalue weighted by molar-refractivity contribution is 0.102. The molecule has 0 saturated heterocycles. The van der Waals surface area contributed by atoms with Crippen LogP contribution in [0.25, 0.3) is 0 Å². The molecule has 19 heavy (non-hydrogen) atoms. The molecule has 0 atom stereocenters. The van der Waals surface area contributed by atoms with E-state index >= 15 is 0 Å². The molecular formula is C14H14ClN3O. The molecule has 1 amide bonds. The van der Waals surface area contributed by atoms with Gasteiger partial charge < -0.3 is 16.8 Å². The van der Waals surface area contributed by atoms with Crippen molar-refractivity contribution >= 4 is 34.6 Å². The van der Waals surface area contributed by atoms with Crippen LogP contribution in [0.5, 0.6) is 0 Å². The van der Waals surface area contributed by atoms with Gasteiger partial charge in [-0.2, -0.15) is 0 Å². The zero-order chi connectivity index (χ0) is 14.0. The average Bonchev–Trinajstić information content (AvgIpc) is 2.31. The standard InChI is InChI=1S/C14H14ClN3O/c1-8-4-10(15)2-3-13(8)18-14(19)9-5-11(16)7-12(17)6-9/h2-7H,16-17H2,1H3,(H,18,19). The zero-order valence-corrected chi connectivity index (χ0v) is 11.2. The molecule has 0 unspecified atom stereocenters. The molecule has 0 aliphatic rings. The summed E-state index contributed by atoms with van der Waals surface area (Å²) in [6.45, 7) is 1.87. The molecule has 0 radical (unpaired) electrons. The molecule has 5 N–H and O–H groups in total. The van der Waals surface area contributed by atoms with Crippen molar-refractivity contribution in [1.82, 2.24) is 0 Å². The second kappa shape index (κ2) is 5.20. The summed E-state index contributed by atoms with van der Waals surface area (Å²) in [7, 11) is 0. The van der Waals surface area contributed by atoms with Crippen LogP contribution in [0.2, 0.25) is 5.02 Å². The Labute approximate surface area is 116 Å². The largest absolute Gasteiger partial charge is 0.399 e. The van der Waals surface area contributed by atoms with Crippen molar-refractivity contribution in [3.05, 3.63) is 52.5 Å². The van der Waals surface area contributed by atoms with Crippen LogP contribution < -0.4 is 16.8 Å². The number of nitrogens with one attached hydrogen (secondary N) is 1. The lowest BCUT2D eigenvalue weighted by Crippen LogP contribution is -2.13. The van der Waals surface area contributed by atoms with Gasteiger partial charge in [0.25, 0.3) is 5.91 Å². The van der Waals surface area contributed by atoms with Gasteiger partial charge in [0, 0.05) is 27.6 Å². The van der Waals surface area contributed by atoms with Crippen molar-refractivity contribution in [1.29, 1.82) is 0 Å². The summed E-state index contributed by atoms with van der Waals surface area (Å²) in [6.07, 6.45) is 0. The minimum atomic E-state index is -0.260. The van der Waals surface area contributed by atoms with Crippen LogP contribution in [0, 0.1) is 6.92 Å². The van der Waals surface area contributed by atoms with Crippen LogP contribution in [-0.4, -0.2) is 5.91 Å². The molecule has 0 heterocycles. The highest BCUT2D eigenvalue weighted by molar-refractivity contribution is 6.30. The molecule has 2 aromatic rings. The molecule has 0 aliphatic carbocycles. The van der Waals surface area contributed by atoms with Crippen LogP contribution in [0.1, 0.15) is 15.9 Å². The van der Waals surface area contributed by atoms with Crippen molar-refractivity contribution in [3.63, 3.8) is 0 Å². The maximum absolute atomic E-state index is 12.1. The topological polar surface area (TPSA) is 81.1 Å². The lowest BCUT2D eigenvalue weighted by atomic mass is 10.1. The molecule has 0 spiro atoms. The highest BCUT2D eigenvalue weighted by Crippen LogP contribution is 2.21. The van der Waals surface area contributed by atoms with Crippen molar-refractivity contribution < 1.29 is 4.79 Å². The fourth-order valence-corrected chi connectivity index (χ4v) is 2.00. The van der Waals surface area contributed by atoms with E-state index in [-0.39, 0.29) is 5.91 Å². The number of amides is 1. The Hall–Kier alpha value is -2.20. The summed E-state index contributed by atoms with van der Waals surface area (Å²) in [5.74, 6) is -0.260. The SMILES string of the molecule is Cc1cc(Cl)ccc1NC(=O)c1cc(N)cc(N)c1.